The molecule has 2 rings (SSSR count). The number of methoxy groups -OCH3 is 1. The molecule has 0 spiro atoms. The number of rotatable bonds is 8. The highest BCUT2D eigenvalue weighted by Gasteiger charge is 2.41. The number of carbonyl (C=O) groups excluding carboxylic acids is 2. The van der Waals surface area contributed by atoms with Crippen LogP contribution in [-0.4, -0.2) is 39.3 Å². The van der Waals surface area contributed by atoms with Crippen LogP contribution >= 0.6 is 0 Å². The average molecular weight is 405 g/mol. The first-order chi connectivity index (χ1) is 13.3. The van der Waals surface area contributed by atoms with Crippen LogP contribution in [0.5, 0.6) is 5.75 Å². The third-order valence-electron chi connectivity index (χ3n) is 4.02. The van der Waals surface area contributed by atoms with Gasteiger partial charge in [0, 0.05) is 6.54 Å². The summed E-state index contributed by atoms with van der Waals surface area (Å²) in [5.41, 5.74) is 1.58. The Kier molecular flexibility index (Phi) is 7.17. The molecule has 0 aromatic heterocycles. The van der Waals surface area contributed by atoms with Crippen molar-refractivity contribution in [3.8, 4) is 5.75 Å². The zero-order chi connectivity index (χ0) is 20.7. The maximum atomic E-state index is 12.9. The van der Waals surface area contributed by atoms with Gasteiger partial charge >= 0.3 is 5.97 Å². The fourth-order valence-corrected chi connectivity index (χ4v) is 3.96. The maximum absolute atomic E-state index is 12.9. The Morgan fingerprint density at radius 3 is 2.18 bits per heavy atom. The smallest absolute Gasteiger partial charge is 0.334 e. The highest BCUT2D eigenvalue weighted by molar-refractivity contribution is 7.93. The Labute approximate surface area is 164 Å². The Morgan fingerprint density at radius 1 is 1.04 bits per heavy atom. The van der Waals surface area contributed by atoms with Crippen LogP contribution in [0, 0.1) is 6.92 Å². The third-order valence-corrected chi connectivity index (χ3v) is 5.98. The molecular formula is C20H23NO6S. The highest BCUT2D eigenvalue weighted by atomic mass is 32.2. The van der Waals surface area contributed by atoms with Crippen LogP contribution in [0.15, 0.2) is 53.4 Å². The number of esters is 1. The molecule has 2 aromatic rings. The zero-order valence-corrected chi connectivity index (χ0v) is 16.8. The highest BCUT2D eigenvalue weighted by Crippen LogP contribution is 2.19. The first-order valence-electron chi connectivity index (χ1n) is 8.67. The van der Waals surface area contributed by atoms with E-state index in [4.69, 9.17) is 9.47 Å². The number of hydrogen-bond acceptors (Lipinski definition) is 6. The van der Waals surface area contributed by atoms with Crippen molar-refractivity contribution in [2.75, 3.05) is 13.7 Å². The lowest BCUT2D eigenvalue weighted by atomic mass is 10.2. The number of hydrogen-bond donors (Lipinski definition) is 1. The van der Waals surface area contributed by atoms with Gasteiger partial charge < -0.3 is 14.8 Å². The van der Waals surface area contributed by atoms with E-state index < -0.39 is 27.0 Å². The number of amides is 1. The van der Waals surface area contributed by atoms with Crippen LogP contribution in [0.4, 0.5) is 0 Å². The van der Waals surface area contributed by atoms with Crippen molar-refractivity contribution in [2.45, 2.75) is 30.5 Å². The number of nitrogens with one attached hydrogen (secondary N) is 1. The molecule has 8 heteroatoms. The lowest BCUT2D eigenvalue weighted by Crippen LogP contribution is -2.45. The van der Waals surface area contributed by atoms with E-state index in [0.717, 1.165) is 11.1 Å². The molecule has 0 saturated carbocycles. The van der Waals surface area contributed by atoms with Crippen molar-refractivity contribution in [1.29, 1.82) is 0 Å². The molecule has 0 aliphatic rings. The van der Waals surface area contributed by atoms with E-state index in [1.165, 1.54) is 19.2 Å². The van der Waals surface area contributed by atoms with E-state index in [2.05, 4.69) is 5.32 Å². The summed E-state index contributed by atoms with van der Waals surface area (Å²) in [6.45, 7) is 3.37. The standard InChI is InChI=1S/C20H23NO6S/c1-4-27-20(23)18(28(24,25)17-11-5-14(2)6-12-17)19(22)21-13-15-7-9-16(26-3)10-8-15/h5-12,18H,4,13H2,1-3H3,(H,21,22)/t18-/m0/s1. The molecule has 0 bridgehead atoms. The molecule has 150 valence electrons. The summed E-state index contributed by atoms with van der Waals surface area (Å²) < 4.78 is 35.7. The summed E-state index contributed by atoms with van der Waals surface area (Å²) >= 11 is 0. The monoisotopic (exact) mass is 405 g/mol. The summed E-state index contributed by atoms with van der Waals surface area (Å²) in [5.74, 6) is -1.38. The molecule has 0 aliphatic carbocycles. The molecule has 0 unspecified atom stereocenters. The Balaban J connectivity index is 2.24. The van der Waals surface area contributed by atoms with Crippen molar-refractivity contribution < 1.29 is 27.5 Å². The molecule has 0 saturated heterocycles. The number of benzene rings is 2. The zero-order valence-electron chi connectivity index (χ0n) is 16.0. The first-order valence-corrected chi connectivity index (χ1v) is 10.2. The fraction of sp³-hybridized carbons (Fsp3) is 0.300. The lowest BCUT2D eigenvalue weighted by Gasteiger charge is -2.16. The molecule has 1 atom stereocenters. The minimum atomic E-state index is -4.26. The third kappa shape index (κ3) is 5.10. The predicted molar refractivity (Wildman–Crippen MR) is 104 cm³/mol. The summed E-state index contributed by atoms with van der Waals surface area (Å²) in [6.07, 6.45) is 0. The van der Waals surface area contributed by atoms with Gasteiger partial charge in [-0.1, -0.05) is 29.8 Å². The average Bonchev–Trinajstić information content (AvgIpc) is 2.67. The van der Waals surface area contributed by atoms with E-state index in [-0.39, 0.29) is 18.0 Å². The molecule has 0 aliphatic heterocycles. The van der Waals surface area contributed by atoms with Crippen LogP contribution in [-0.2, 0) is 30.7 Å². The van der Waals surface area contributed by atoms with Gasteiger partial charge in [-0.25, -0.2) is 8.42 Å². The first kappa shape index (κ1) is 21.4. The summed E-state index contributed by atoms with van der Waals surface area (Å²) in [7, 11) is -2.72. The maximum Gasteiger partial charge on any atom is 0.334 e. The van der Waals surface area contributed by atoms with Gasteiger partial charge in [-0.05, 0) is 43.7 Å². The summed E-state index contributed by atoms with van der Waals surface area (Å²) in [5, 5.41) is 0.525. The van der Waals surface area contributed by atoms with Crippen molar-refractivity contribution in [3.05, 3.63) is 59.7 Å². The van der Waals surface area contributed by atoms with E-state index in [9.17, 15) is 18.0 Å². The second-order valence-corrected chi connectivity index (χ2v) is 8.09. The minimum absolute atomic E-state index is 0.0372. The predicted octanol–water partition coefficient (Wildman–Crippen LogP) is 2.03. The van der Waals surface area contributed by atoms with Gasteiger partial charge in [-0.3, -0.25) is 9.59 Å². The van der Waals surface area contributed by atoms with E-state index in [1.54, 1.807) is 50.2 Å². The van der Waals surface area contributed by atoms with E-state index in [0.29, 0.717) is 5.75 Å². The molecule has 0 radical (unpaired) electrons. The quantitative estimate of drug-likeness (QED) is 0.533. The minimum Gasteiger partial charge on any atom is -0.497 e. The largest absolute Gasteiger partial charge is 0.497 e. The number of aryl methyl sites for hydroxylation is 1. The number of carbonyl (C=O) groups is 2. The molecule has 0 heterocycles. The fourth-order valence-electron chi connectivity index (χ4n) is 2.48. The van der Waals surface area contributed by atoms with Gasteiger partial charge in [0.1, 0.15) is 5.75 Å². The summed E-state index contributed by atoms with van der Waals surface area (Å²) in [4.78, 5) is 24.8. The Morgan fingerprint density at radius 2 is 1.64 bits per heavy atom. The van der Waals surface area contributed by atoms with Crippen LogP contribution in [0.25, 0.3) is 0 Å². The van der Waals surface area contributed by atoms with Crippen LogP contribution < -0.4 is 10.1 Å². The van der Waals surface area contributed by atoms with Crippen molar-refractivity contribution in [1.82, 2.24) is 5.32 Å². The van der Waals surface area contributed by atoms with Gasteiger partial charge in [0.25, 0.3) is 5.91 Å². The van der Waals surface area contributed by atoms with Crippen LogP contribution in [0.1, 0.15) is 18.1 Å². The number of ether oxygens (including phenoxy) is 2. The van der Waals surface area contributed by atoms with Gasteiger partial charge in [0.2, 0.25) is 15.1 Å². The van der Waals surface area contributed by atoms with Gasteiger partial charge in [-0.2, -0.15) is 0 Å². The summed E-state index contributed by atoms with van der Waals surface area (Å²) in [6, 6.07) is 12.8. The normalized spacial score (nSPS) is 12.1. The van der Waals surface area contributed by atoms with Crippen molar-refractivity contribution in [3.63, 3.8) is 0 Å². The molecule has 7 nitrogen and oxygen atoms in total. The van der Waals surface area contributed by atoms with E-state index in [1.807, 2.05) is 0 Å². The van der Waals surface area contributed by atoms with E-state index >= 15 is 0 Å². The second kappa shape index (κ2) is 9.36. The second-order valence-electron chi connectivity index (χ2n) is 6.06. The van der Waals surface area contributed by atoms with Crippen LogP contribution in [0.2, 0.25) is 0 Å². The Hall–Kier alpha value is -2.87. The molecule has 1 N–H and O–H groups in total. The Bertz CT molecular complexity index is 920. The molecule has 1 amide bonds. The van der Waals surface area contributed by atoms with Crippen LogP contribution in [0.3, 0.4) is 0 Å². The molecular weight excluding hydrogens is 382 g/mol. The molecule has 0 fully saturated rings. The SMILES string of the molecule is CCOC(=O)[C@H](C(=O)NCc1ccc(OC)cc1)S(=O)(=O)c1ccc(C)cc1. The van der Waals surface area contributed by atoms with Gasteiger partial charge in [0.15, 0.2) is 0 Å². The topological polar surface area (TPSA) is 98.8 Å². The van der Waals surface area contributed by atoms with Gasteiger partial charge in [0.05, 0.1) is 18.6 Å². The molecule has 2 aromatic carbocycles. The molecule has 28 heavy (non-hydrogen) atoms. The lowest BCUT2D eigenvalue weighted by molar-refractivity contribution is -0.145. The van der Waals surface area contributed by atoms with Gasteiger partial charge in [-0.15, -0.1) is 0 Å². The van der Waals surface area contributed by atoms with Crippen molar-refractivity contribution in [2.24, 2.45) is 0 Å². The van der Waals surface area contributed by atoms with Crippen molar-refractivity contribution >= 4 is 21.7 Å². The number of sulfone groups is 1.